The molecule has 16 aromatic carbocycles. The molecule has 0 saturated carbocycles. The molecule has 0 atom stereocenters. The maximum absolute atomic E-state index is 4.88. The highest BCUT2D eigenvalue weighted by atomic mass is 15.2. The molecule has 0 unspecified atom stereocenters. The number of aromatic nitrogens is 4. The van der Waals surface area contributed by atoms with Gasteiger partial charge < -0.3 is 14.7 Å². The molecule has 8 nitrogen and oxygen atoms in total. The molecule has 12 heterocycles. The zero-order chi connectivity index (χ0) is 90.7. The number of para-hydroxylation sites is 4. The van der Waals surface area contributed by atoms with Crippen LogP contribution >= 0.6 is 0 Å². The molecule has 0 spiro atoms. The molecule has 0 bridgehead atoms. The highest BCUT2D eigenvalue weighted by Crippen LogP contribution is 2.63. The monoisotopic (exact) mass is 1780 g/mol. The fraction of sp³-hybridized carbons (Fsp3) is 0.121. The maximum Gasteiger partial charge on any atom is 0.141 e. The van der Waals surface area contributed by atoms with Crippen LogP contribution in [0.5, 0.6) is 0 Å². The molecule has 140 heavy (non-hydrogen) atoms. The first kappa shape index (κ1) is 76.5. The van der Waals surface area contributed by atoms with Gasteiger partial charge in [0.15, 0.2) is 0 Å². The average Bonchev–Trinajstić information content (AvgIpc) is 1.36. The third-order valence-electron chi connectivity index (χ3n) is 34.5. The van der Waals surface area contributed by atoms with Gasteiger partial charge in [-0.1, -0.05) is 249 Å². The predicted molar refractivity (Wildman–Crippen MR) is 564 cm³/mol. The van der Waals surface area contributed by atoms with E-state index in [0.29, 0.717) is 0 Å². The lowest BCUT2D eigenvalue weighted by Gasteiger charge is -2.39. The number of rotatable bonds is 0. The summed E-state index contributed by atoms with van der Waals surface area (Å²) in [5, 5.41) is 0. The summed E-state index contributed by atoms with van der Waals surface area (Å²) in [6.45, 7) is 0. The van der Waals surface area contributed by atoms with Crippen molar-refractivity contribution in [2.75, 3.05) is 19.6 Å². The minimum absolute atomic E-state index is 0.910. The van der Waals surface area contributed by atoms with Gasteiger partial charge in [-0.3, -0.25) is 19.9 Å². The normalized spacial score (nSPS) is 14.9. The molecule has 0 amide bonds. The van der Waals surface area contributed by atoms with E-state index in [2.05, 4.69) is 339 Å². The van der Waals surface area contributed by atoms with Crippen molar-refractivity contribution >= 4 is 68.4 Å². The van der Waals surface area contributed by atoms with Crippen molar-refractivity contribution in [1.29, 1.82) is 0 Å². The Labute approximate surface area is 812 Å². The lowest BCUT2D eigenvalue weighted by molar-refractivity contribution is 0.963. The fourth-order valence-electron chi connectivity index (χ4n) is 28.8. The number of hydrogen-bond acceptors (Lipinski definition) is 8. The van der Waals surface area contributed by atoms with Crippen LogP contribution in [0.4, 0.5) is 68.4 Å². The Hall–Kier alpha value is -16.7. The summed E-state index contributed by atoms with van der Waals surface area (Å²) in [6.07, 6.45) is 27.9. The van der Waals surface area contributed by atoms with Gasteiger partial charge in [-0.05, 0) is 367 Å². The van der Waals surface area contributed by atoms with Crippen LogP contribution in [0.1, 0.15) is 178 Å². The quantitative estimate of drug-likeness (QED) is 0.149. The minimum atomic E-state index is 0.910. The van der Waals surface area contributed by atoms with Gasteiger partial charge in [0.1, 0.15) is 5.82 Å². The molecular weight excluding hydrogens is 1700 g/mol. The first-order chi connectivity index (χ1) is 69.4. The second kappa shape index (κ2) is 28.5. The molecule has 8 aliphatic carbocycles. The van der Waals surface area contributed by atoms with E-state index in [1.807, 2.05) is 31.0 Å². The molecule has 0 N–H and O–H groups in total. The van der Waals surface area contributed by atoms with Crippen molar-refractivity contribution in [2.45, 2.75) is 103 Å². The highest BCUT2D eigenvalue weighted by Gasteiger charge is 2.44. The van der Waals surface area contributed by atoms with Crippen molar-refractivity contribution in [1.82, 2.24) is 19.9 Å². The van der Waals surface area contributed by atoms with Crippen molar-refractivity contribution in [2.24, 2.45) is 0 Å². The van der Waals surface area contributed by atoms with E-state index in [0.717, 1.165) is 109 Å². The van der Waals surface area contributed by atoms with Crippen LogP contribution in [-0.2, 0) is 103 Å². The number of hydrogen-bond donors (Lipinski definition) is 0. The van der Waals surface area contributed by atoms with Crippen LogP contribution in [0, 0.1) is 0 Å². The van der Waals surface area contributed by atoms with Gasteiger partial charge in [0.2, 0.25) is 0 Å². The Bertz CT molecular complexity index is 8090. The third-order valence-corrected chi connectivity index (χ3v) is 34.5. The Morgan fingerprint density at radius 2 is 0.457 bits per heavy atom. The molecule has 0 saturated heterocycles. The Balaban J connectivity index is 0.0000000829. The largest absolute Gasteiger partial charge is 0.309 e. The lowest BCUT2D eigenvalue weighted by atomic mass is 9.84. The molecule has 0 fully saturated rings. The summed E-state index contributed by atoms with van der Waals surface area (Å²) in [7, 11) is 0. The smallest absolute Gasteiger partial charge is 0.141 e. The molecule has 0 radical (unpaired) electrons. The molecule has 20 aromatic rings. The predicted octanol–water partition coefficient (Wildman–Crippen LogP) is 30.0. The van der Waals surface area contributed by atoms with E-state index in [1.165, 1.54) is 330 Å². The van der Waals surface area contributed by atoms with Crippen LogP contribution in [0.25, 0.3) is 89.0 Å². The van der Waals surface area contributed by atoms with Crippen molar-refractivity contribution in [3.63, 3.8) is 0 Å². The Morgan fingerprint density at radius 3 is 0.893 bits per heavy atom. The first-order valence-electron chi connectivity index (χ1n) is 50.3. The SMILES string of the molecule is c1ccc2c(c1)Cc1ccc3c(c1-2)Cc1c-3ccc2c1Cc1cccc3c1N2c1cccnc1C3.c1ccc2c(c1)Cc1ccc3c(c1-2)Cc1c-3ccc2c1Cc1cccc3c1N2c1ccncc1C3.c1ccc2c(c1)Cc1ccc3c(c1-2)Cc1c-3ccc2c1Cc1cccc3c1N2c1cnccc1C3.c1ccc2c(c1)Cc1ccc3c(c1-2)Cc1c-3ccc2c1Cc1cccc3c1N2c1ncccc1C3. The van der Waals surface area contributed by atoms with Gasteiger partial charge in [0.05, 0.1) is 74.5 Å². The van der Waals surface area contributed by atoms with E-state index >= 15 is 0 Å². The summed E-state index contributed by atoms with van der Waals surface area (Å²) < 4.78 is 0. The molecule has 4 aromatic heterocycles. The Kier molecular flexibility index (Phi) is 15.6. The average molecular weight is 1790 g/mol. The minimum Gasteiger partial charge on any atom is -0.309 e. The molecule has 16 aliphatic rings. The van der Waals surface area contributed by atoms with Gasteiger partial charge in [0.25, 0.3) is 0 Å². The number of pyridine rings is 4. The second-order valence-electron chi connectivity index (χ2n) is 41.3. The molecule has 656 valence electrons. The fourth-order valence-corrected chi connectivity index (χ4v) is 28.8. The van der Waals surface area contributed by atoms with Crippen LogP contribution in [0.15, 0.2) is 340 Å². The summed E-state index contributed by atoms with van der Waals surface area (Å²) >= 11 is 0. The Morgan fingerprint density at radius 1 is 0.150 bits per heavy atom. The number of anilines is 12. The maximum atomic E-state index is 4.88. The van der Waals surface area contributed by atoms with E-state index < -0.39 is 0 Å². The van der Waals surface area contributed by atoms with E-state index in [1.54, 1.807) is 0 Å². The molecule has 8 heteroatoms. The molecule has 36 rings (SSSR count). The molecular formula is C132H88N8. The van der Waals surface area contributed by atoms with Crippen molar-refractivity contribution in [3.05, 3.63) is 519 Å². The van der Waals surface area contributed by atoms with Crippen LogP contribution in [-0.4, -0.2) is 19.9 Å². The lowest BCUT2D eigenvalue weighted by Crippen LogP contribution is -2.26. The van der Waals surface area contributed by atoms with E-state index in [-0.39, 0.29) is 0 Å². The third kappa shape index (κ3) is 10.6. The number of nitrogens with zero attached hydrogens (tertiary/aromatic N) is 8. The summed E-state index contributed by atoms with van der Waals surface area (Å²) in [5.41, 5.74) is 84.1. The van der Waals surface area contributed by atoms with Gasteiger partial charge in [-0.2, -0.15) is 0 Å². The summed E-state index contributed by atoms with van der Waals surface area (Å²) in [5.74, 6) is 1.10. The van der Waals surface area contributed by atoms with Crippen molar-refractivity contribution in [3.8, 4) is 89.0 Å². The zero-order valence-corrected chi connectivity index (χ0v) is 77.2. The van der Waals surface area contributed by atoms with Crippen molar-refractivity contribution < 1.29 is 0 Å². The summed E-state index contributed by atoms with van der Waals surface area (Å²) in [4.78, 5) is 28.6. The number of benzene rings is 16. The van der Waals surface area contributed by atoms with Crippen LogP contribution < -0.4 is 19.6 Å². The van der Waals surface area contributed by atoms with Gasteiger partial charge in [-0.25, -0.2) is 4.98 Å². The van der Waals surface area contributed by atoms with E-state index in [9.17, 15) is 0 Å². The van der Waals surface area contributed by atoms with E-state index in [4.69, 9.17) is 9.97 Å². The standard InChI is InChI=1S/4C33H22N2/c1-2-9-24-19(5-1)15-20-10-11-26-25-12-13-30-28(27(25)18-29(26)31(20)24)17-22-7-3-6-21-16-23-8-4-14-34-33(23)35(30)32(21)22;1-2-8-23-19(5-1)15-20-10-11-25-24-12-13-30-27(26(24)18-28(25)32(20)23)16-21-6-3-7-22-17-29-31(9-4-14-34-29)35(30)33(21)22;1-2-7-24-19(4-1)14-21-8-9-26-25-10-11-30-28(27(25)17-29(26)32(21)24)16-23-6-3-5-22-15-20-12-13-34-18-31(20)35(30)33(22)23;1-2-7-24-19(4-1)14-20-8-9-26-25-10-11-31-28(27(25)17-29(26)32(20)24)16-22-6-3-5-21-15-23-18-34-13-12-30(23)35(31)33(21)22/h2*1-14H,15-18H2;2*1-13,18H,14-17H2. The van der Waals surface area contributed by atoms with Crippen LogP contribution in [0.3, 0.4) is 0 Å². The topological polar surface area (TPSA) is 64.5 Å². The van der Waals surface area contributed by atoms with Crippen LogP contribution in [0.2, 0.25) is 0 Å². The van der Waals surface area contributed by atoms with Gasteiger partial charge in [0, 0.05) is 82.4 Å². The first-order valence-corrected chi connectivity index (χ1v) is 50.3. The number of fused-ring (bicyclic) bond motifs is 48. The van der Waals surface area contributed by atoms with Gasteiger partial charge in [-0.15, -0.1) is 0 Å². The summed E-state index contributed by atoms with van der Waals surface area (Å²) in [6, 6.07) is 114. The highest BCUT2D eigenvalue weighted by molar-refractivity contribution is 6.02. The molecule has 8 aliphatic heterocycles. The van der Waals surface area contributed by atoms with Gasteiger partial charge >= 0.3 is 0 Å². The zero-order valence-electron chi connectivity index (χ0n) is 77.2. The second-order valence-corrected chi connectivity index (χ2v) is 41.3.